The van der Waals surface area contributed by atoms with Crippen LogP contribution < -0.4 is 0 Å². The molecule has 90 valence electrons. The maximum atomic E-state index is 6.31. The predicted octanol–water partition coefficient (Wildman–Crippen LogP) is 3.06. The third kappa shape index (κ3) is 1.66. The van der Waals surface area contributed by atoms with Gasteiger partial charge in [0, 0.05) is 11.1 Å². The van der Waals surface area contributed by atoms with Crippen LogP contribution in [0.5, 0.6) is 0 Å². The first-order valence-corrected chi connectivity index (χ1v) is 5.99. The third-order valence-electron chi connectivity index (χ3n) is 2.81. The smallest absolute Gasteiger partial charge is 0.211 e. The fraction of sp³-hybridized carbons (Fsp3) is 0.154. The van der Waals surface area contributed by atoms with Crippen LogP contribution in [0.2, 0.25) is 5.15 Å². The summed E-state index contributed by atoms with van der Waals surface area (Å²) in [7, 11) is 0. The van der Waals surface area contributed by atoms with Gasteiger partial charge in [-0.25, -0.2) is 4.98 Å². The molecule has 1 aromatic carbocycles. The van der Waals surface area contributed by atoms with Crippen molar-refractivity contribution in [1.29, 1.82) is 0 Å². The van der Waals surface area contributed by atoms with Crippen molar-refractivity contribution >= 4 is 17.4 Å². The average Bonchev–Trinajstić information content (AvgIpc) is 2.76. The van der Waals surface area contributed by atoms with Crippen molar-refractivity contribution in [1.82, 2.24) is 19.6 Å². The Morgan fingerprint density at radius 3 is 2.50 bits per heavy atom. The Hall–Kier alpha value is -1.94. The first-order valence-electron chi connectivity index (χ1n) is 5.61. The molecule has 0 saturated heterocycles. The summed E-state index contributed by atoms with van der Waals surface area (Å²) in [5.41, 5.74) is 2.78. The molecular formula is C13H11ClN4. The van der Waals surface area contributed by atoms with Crippen molar-refractivity contribution in [3.05, 3.63) is 46.9 Å². The van der Waals surface area contributed by atoms with E-state index in [1.807, 2.05) is 44.2 Å². The minimum atomic E-state index is 0.530. The zero-order valence-electron chi connectivity index (χ0n) is 10.1. The lowest BCUT2D eigenvalue weighted by molar-refractivity contribution is 0.909. The fourth-order valence-electron chi connectivity index (χ4n) is 1.93. The van der Waals surface area contributed by atoms with Crippen LogP contribution in [0.4, 0.5) is 0 Å². The highest BCUT2D eigenvalue weighted by Crippen LogP contribution is 2.26. The molecule has 0 fully saturated rings. The predicted molar refractivity (Wildman–Crippen MR) is 70.7 cm³/mol. The van der Waals surface area contributed by atoms with Crippen LogP contribution in [0.1, 0.15) is 11.4 Å². The summed E-state index contributed by atoms with van der Waals surface area (Å²) in [6.45, 7) is 3.76. The number of aromatic nitrogens is 4. The molecule has 0 radical (unpaired) electrons. The van der Waals surface area contributed by atoms with Crippen LogP contribution in [0.25, 0.3) is 17.0 Å². The zero-order valence-corrected chi connectivity index (χ0v) is 10.8. The van der Waals surface area contributed by atoms with Crippen molar-refractivity contribution in [2.24, 2.45) is 0 Å². The van der Waals surface area contributed by atoms with Gasteiger partial charge in [-0.05, 0) is 13.8 Å². The molecule has 2 heterocycles. The highest BCUT2D eigenvalue weighted by molar-refractivity contribution is 6.30. The first-order chi connectivity index (χ1) is 8.66. The molecular weight excluding hydrogens is 248 g/mol. The van der Waals surface area contributed by atoms with E-state index in [9.17, 15) is 0 Å². The summed E-state index contributed by atoms with van der Waals surface area (Å²) >= 11 is 6.31. The third-order valence-corrected chi connectivity index (χ3v) is 3.25. The summed E-state index contributed by atoms with van der Waals surface area (Å²) in [5, 5.41) is 4.77. The second-order valence-electron chi connectivity index (χ2n) is 4.11. The second kappa shape index (κ2) is 4.07. The summed E-state index contributed by atoms with van der Waals surface area (Å²) in [6.07, 6.45) is 0. The molecule has 2 aromatic heterocycles. The highest BCUT2D eigenvalue weighted by atomic mass is 35.5. The number of nitrogens with zero attached hydrogens (tertiary/aromatic N) is 4. The van der Waals surface area contributed by atoms with E-state index in [0.717, 1.165) is 16.8 Å². The van der Waals surface area contributed by atoms with Gasteiger partial charge in [-0.15, -0.1) is 5.10 Å². The van der Waals surface area contributed by atoms with Gasteiger partial charge >= 0.3 is 0 Å². The van der Waals surface area contributed by atoms with Crippen LogP contribution in [-0.4, -0.2) is 19.6 Å². The zero-order chi connectivity index (χ0) is 12.7. The molecule has 3 rings (SSSR count). The number of rotatable bonds is 1. The molecule has 0 N–H and O–H groups in total. The van der Waals surface area contributed by atoms with Gasteiger partial charge in [0.1, 0.15) is 11.0 Å². The second-order valence-corrected chi connectivity index (χ2v) is 4.47. The Morgan fingerprint density at radius 2 is 1.78 bits per heavy atom. The molecule has 18 heavy (non-hydrogen) atoms. The normalized spacial score (nSPS) is 11.1. The van der Waals surface area contributed by atoms with E-state index in [1.165, 1.54) is 0 Å². The summed E-state index contributed by atoms with van der Waals surface area (Å²) < 4.78 is 1.57. The maximum absolute atomic E-state index is 6.31. The number of benzene rings is 1. The minimum Gasteiger partial charge on any atom is -0.211 e. The largest absolute Gasteiger partial charge is 0.254 e. The number of aryl methyl sites for hydroxylation is 1. The molecule has 4 nitrogen and oxygen atoms in total. The van der Waals surface area contributed by atoms with Crippen LogP contribution in [0, 0.1) is 13.8 Å². The van der Waals surface area contributed by atoms with E-state index in [4.69, 9.17) is 11.6 Å². The maximum Gasteiger partial charge on any atom is 0.254 e. The van der Waals surface area contributed by atoms with Gasteiger partial charge in [0.2, 0.25) is 0 Å². The summed E-state index contributed by atoms with van der Waals surface area (Å²) in [5.74, 6) is 1.19. The number of hydrogen-bond acceptors (Lipinski definition) is 3. The standard InChI is InChI=1S/C13H11ClN4/c1-8-11(10-6-4-3-5-7-10)16-13-15-9(2)17-18(13)12(8)14/h3-7H,1-2H3. The number of fused-ring (bicyclic) bond motifs is 1. The van der Waals surface area contributed by atoms with Crippen LogP contribution in [0.3, 0.4) is 0 Å². The van der Waals surface area contributed by atoms with Gasteiger partial charge in [-0.2, -0.15) is 9.50 Å². The average molecular weight is 259 g/mol. The Bertz CT molecular complexity index is 719. The number of halogens is 1. The topological polar surface area (TPSA) is 43.1 Å². The molecule has 0 unspecified atom stereocenters. The van der Waals surface area contributed by atoms with Crippen molar-refractivity contribution in [2.45, 2.75) is 13.8 Å². The molecule has 3 aromatic rings. The van der Waals surface area contributed by atoms with Gasteiger partial charge in [0.15, 0.2) is 0 Å². The van der Waals surface area contributed by atoms with Crippen molar-refractivity contribution < 1.29 is 0 Å². The van der Waals surface area contributed by atoms with Gasteiger partial charge in [0.05, 0.1) is 5.69 Å². The van der Waals surface area contributed by atoms with Gasteiger partial charge in [-0.3, -0.25) is 0 Å². The Balaban J connectivity index is 2.34. The lowest BCUT2D eigenvalue weighted by Gasteiger charge is -2.07. The lowest BCUT2D eigenvalue weighted by Crippen LogP contribution is -1.99. The Labute approximate surface area is 109 Å². The van der Waals surface area contributed by atoms with Crippen molar-refractivity contribution in [2.75, 3.05) is 0 Å². The Morgan fingerprint density at radius 1 is 1.06 bits per heavy atom. The molecule has 0 spiro atoms. The fourth-order valence-corrected chi connectivity index (χ4v) is 2.13. The molecule has 0 aliphatic heterocycles. The van der Waals surface area contributed by atoms with Crippen molar-refractivity contribution in [3.8, 4) is 11.3 Å². The SMILES string of the molecule is Cc1nc2nc(-c3ccccc3)c(C)c(Cl)n2n1. The minimum absolute atomic E-state index is 0.530. The van der Waals surface area contributed by atoms with Gasteiger partial charge < -0.3 is 0 Å². The molecule has 0 bridgehead atoms. The van der Waals surface area contributed by atoms with Crippen LogP contribution in [-0.2, 0) is 0 Å². The quantitative estimate of drug-likeness (QED) is 0.630. The van der Waals surface area contributed by atoms with E-state index in [1.54, 1.807) is 4.52 Å². The molecule has 0 atom stereocenters. The summed E-state index contributed by atoms with van der Waals surface area (Å²) in [4.78, 5) is 8.79. The van der Waals surface area contributed by atoms with Crippen LogP contribution in [0.15, 0.2) is 30.3 Å². The van der Waals surface area contributed by atoms with Gasteiger partial charge in [-0.1, -0.05) is 41.9 Å². The molecule has 0 aliphatic carbocycles. The first kappa shape index (κ1) is 11.2. The van der Waals surface area contributed by atoms with Crippen LogP contribution >= 0.6 is 11.6 Å². The van der Waals surface area contributed by atoms with Gasteiger partial charge in [0.25, 0.3) is 5.78 Å². The van der Waals surface area contributed by atoms with E-state index in [2.05, 4.69) is 15.1 Å². The molecule has 5 heteroatoms. The molecule has 0 saturated carbocycles. The highest BCUT2D eigenvalue weighted by Gasteiger charge is 2.13. The van der Waals surface area contributed by atoms with E-state index in [0.29, 0.717) is 16.8 Å². The molecule has 0 aliphatic rings. The van der Waals surface area contributed by atoms with E-state index < -0.39 is 0 Å². The lowest BCUT2D eigenvalue weighted by atomic mass is 10.1. The summed E-state index contributed by atoms with van der Waals surface area (Å²) in [6, 6.07) is 9.93. The van der Waals surface area contributed by atoms with Crippen molar-refractivity contribution in [3.63, 3.8) is 0 Å². The van der Waals surface area contributed by atoms with E-state index >= 15 is 0 Å². The Kier molecular flexibility index (Phi) is 2.52. The monoisotopic (exact) mass is 258 g/mol. The molecule has 0 amide bonds. The van der Waals surface area contributed by atoms with E-state index in [-0.39, 0.29) is 0 Å². The number of hydrogen-bond donors (Lipinski definition) is 0.